The lowest BCUT2D eigenvalue weighted by molar-refractivity contribution is -0.136. The van der Waals surface area contributed by atoms with E-state index in [0.717, 1.165) is 18.4 Å². The van der Waals surface area contributed by atoms with Crippen molar-refractivity contribution in [3.05, 3.63) is 39.7 Å². The van der Waals surface area contributed by atoms with Crippen LogP contribution in [-0.2, 0) is 22.7 Å². The Hall–Kier alpha value is -2.94. The maximum absolute atomic E-state index is 13.0. The molecule has 1 unspecified atom stereocenters. The molecule has 1 aromatic carbocycles. The van der Waals surface area contributed by atoms with Gasteiger partial charge in [0, 0.05) is 41.6 Å². The number of piperidine rings is 1. The first kappa shape index (κ1) is 20.9. The summed E-state index contributed by atoms with van der Waals surface area (Å²) in [7, 11) is 0. The molecule has 1 aliphatic carbocycles. The van der Waals surface area contributed by atoms with Gasteiger partial charge in [0.1, 0.15) is 6.04 Å². The minimum Gasteiger partial charge on any atom is -0.408 e. The molecule has 1 saturated heterocycles. The molecule has 1 aromatic heterocycles. The number of halogens is 1. The van der Waals surface area contributed by atoms with Crippen LogP contribution in [0.1, 0.15) is 78.2 Å². The zero-order valence-corrected chi connectivity index (χ0v) is 18.3. The fraction of sp³-hybridized carbons (Fsp3) is 0.500. The molecule has 2 aliphatic heterocycles. The Balaban J connectivity index is 1.27. The Morgan fingerprint density at radius 2 is 1.94 bits per heavy atom. The van der Waals surface area contributed by atoms with E-state index in [1.807, 2.05) is 0 Å². The van der Waals surface area contributed by atoms with Crippen molar-refractivity contribution in [2.75, 3.05) is 5.32 Å². The van der Waals surface area contributed by atoms with Crippen LogP contribution in [-0.4, -0.2) is 38.9 Å². The van der Waals surface area contributed by atoms with Crippen molar-refractivity contribution >= 4 is 35.3 Å². The monoisotopic (exact) mass is 457 g/mol. The van der Waals surface area contributed by atoms with Crippen molar-refractivity contribution in [2.24, 2.45) is 0 Å². The van der Waals surface area contributed by atoms with Gasteiger partial charge in [0.15, 0.2) is 0 Å². The van der Waals surface area contributed by atoms with Crippen molar-refractivity contribution < 1.29 is 18.8 Å². The van der Waals surface area contributed by atoms with Crippen LogP contribution in [0.5, 0.6) is 0 Å². The highest BCUT2D eigenvalue weighted by Gasteiger charge is 2.40. The lowest BCUT2D eigenvalue weighted by Crippen LogP contribution is -2.52. The summed E-state index contributed by atoms with van der Waals surface area (Å²) in [4.78, 5) is 38.2. The molecule has 2 fully saturated rings. The molecular formula is C22H24ClN5O4. The molecule has 168 valence electrons. The summed E-state index contributed by atoms with van der Waals surface area (Å²) in [5.41, 5.74) is 1.97. The highest BCUT2D eigenvalue weighted by Crippen LogP contribution is 2.34. The van der Waals surface area contributed by atoms with E-state index in [-0.39, 0.29) is 24.8 Å². The van der Waals surface area contributed by atoms with Crippen LogP contribution in [0.3, 0.4) is 0 Å². The molecule has 0 bridgehead atoms. The molecule has 3 aliphatic rings. The molecule has 5 rings (SSSR count). The second kappa shape index (κ2) is 8.54. The summed E-state index contributed by atoms with van der Waals surface area (Å²) < 4.78 is 5.79. The van der Waals surface area contributed by atoms with Crippen molar-refractivity contribution in [2.45, 2.75) is 70.0 Å². The zero-order valence-electron chi connectivity index (χ0n) is 17.5. The zero-order chi connectivity index (χ0) is 22.2. The summed E-state index contributed by atoms with van der Waals surface area (Å²) in [6.45, 7) is 0.617. The number of hydrogen-bond acceptors (Lipinski definition) is 7. The van der Waals surface area contributed by atoms with Gasteiger partial charge >= 0.3 is 6.01 Å². The minimum absolute atomic E-state index is 0.215. The normalized spacial score (nSPS) is 21.6. The van der Waals surface area contributed by atoms with Gasteiger partial charge in [0.25, 0.3) is 5.91 Å². The molecule has 2 N–H and O–H groups in total. The van der Waals surface area contributed by atoms with Crippen LogP contribution < -0.4 is 10.6 Å². The Morgan fingerprint density at radius 1 is 1.12 bits per heavy atom. The van der Waals surface area contributed by atoms with Crippen LogP contribution in [0, 0.1) is 0 Å². The number of anilines is 1. The Kier molecular flexibility index (Phi) is 5.58. The quantitative estimate of drug-likeness (QED) is 0.662. The summed E-state index contributed by atoms with van der Waals surface area (Å²) in [5, 5.41) is 14.2. The Labute approximate surface area is 189 Å². The van der Waals surface area contributed by atoms with Crippen LogP contribution in [0.15, 0.2) is 16.5 Å². The lowest BCUT2D eigenvalue weighted by atomic mass is 9.89. The van der Waals surface area contributed by atoms with Crippen molar-refractivity contribution in [3.8, 4) is 0 Å². The average Bonchev–Trinajstić information content (AvgIpc) is 3.39. The van der Waals surface area contributed by atoms with E-state index < -0.39 is 11.9 Å². The highest BCUT2D eigenvalue weighted by atomic mass is 35.5. The maximum Gasteiger partial charge on any atom is 0.315 e. The van der Waals surface area contributed by atoms with E-state index in [9.17, 15) is 14.4 Å². The smallest absolute Gasteiger partial charge is 0.315 e. The number of nitrogens with zero attached hydrogens (tertiary/aromatic N) is 3. The predicted molar refractivity (Wildman–Crippen MR) is 115 cm³/mol. The molecule has 1 atom stereocenters. The molecule has 3 heterocycles. The van der Waals surface area contributed by atoms with Gasteiger partial charge in [0.05, 0.1) is 0 Å². The number of fused-ring (bicyclic) bond motifs is 1. The molecule has 3 amide bonds. The van der Waals surface area contributed by atoms with E-state index in [1.54, 1.807) is 12.1 Å². The predicted octanol–water partition coefficient (Wildman–Crippen LogP) is 3.14. The number of aromatic nitrogens is 2. The van der Waals surface area contributed by atoms with E-state index >= 15 is 0 Å². The number of hydrogen-bond donors (Lipinski definition) is 2. The second-order valence-corrected chi connectivity index (χ2v) is 9.04. The molecule has 1 saturated carbocycles. The SMILES string of the molecule is O=C1CCC(N2Cc3c(Cl)cc(CNc4nnc(C5CCCCC5)o4)cc3C2=O)C(=O)N1. The standard InChI is InChI=1S/C22H24ClN5O4/c23-16-9-12(10-24-22-27-26-20(32-22)13-4-2-1-3-5-13)8-14-15(16)11-28(21(14)31)17-6-7-18(29)25-19(17)30/h8-9,13,17H,1-7,10-11H2,(H,24,27)(H,25,29,30). The lowest BCUT2D eigenvalue weighted by Gasteiger charge is -2.29. The van der Waals surface area contributed by atoms with Gasteiger partial charge in [-0.25, -0.2) is 0 Å². The number of amides is 3. The second-order valence-electron chi connectivity index (χ2n) is 8.64. The Bertz CT molecular complexity index is 1080. The molecule has 10 heteroatoms. The van der Waals surface area contributed by atoms with E-state index in [4.69, 9.17) is 16.0 Å². The Morgan fingerprint density at radius 3 is 2.72 bits per heavy atom. The van der Waals surface area contributed by atoms with Crippen LogP contribution in [0.2, 0.25) is 5.02 Å². The number of carbonyl (C=O) groups excluding carboxylic acids is 3. The van der Waals surface area contributed by atoms with Gasteiger partial charge < -0.3 is 14.6 Å². The highest BCUT2D eigenvalue weighted by molar-refractivity contribution is 6.32. The number of imide groups is 1. The third-order valence-corrected chi connectivity index (χ3v) is 6.84. The van der Waals surface area contributed by atoms with Gasteiger partial charge in [0.2, 0.25) is 17.7 Å². The van der Waals surface area contributed by atoms with Crippen LogP contribution >= 0.6 is 11.6 Å². The molecular weight excluding hydrogens is 434 g/mol. The first-order chi connectivity index (χ1) is 15.5. The van der Waals surface area contributed by atoms with Crippen LogP contribution in [0.25, 0.3) is 0 Å². The molecule has 0 radical (unpaired) electrons. The first-order valence-corrected chi connectivity index (χ1v) is 11.4. The van der Waals surface area contributed by atoms with E-state index in [0.29, 0.717) is 46.9 Å². The minimum atomic E-state index is -0.665. The number of carbonyl (C=O) groups is 3. The van der Waals surface area contributed by atoms with Gasteiger partial charge in [-0.15, -0.1) is 5.10 Å². The third-order valence-electron chi connectivity index (χ3n) is 6.50. The summed E-state index contributed by atoms with van der Waals surface area (Å²) in [6.07, 6.45) is 6.32. The fourth-order valence-electron chi connectivity index (χ4n) is 4.77. The average molecular weight is 458 g/mol. The first-order valence-electron chi connectivity index (χ1n) is 11.0. The van der Waals surface area contributed by atoms with E-state index in [1.165, 1.54) is 24.2 Å². The summed E-state index contributed by atoms with van der Waals surface area (Å²) in [5.74, 6) is 0.00190. The van der Waals surface area contributed by atoms with Gasteiger partial charge in [-0.3, -0.25) is 19.7 Å². The van der Waals surface area contributed by atoms with Crippen molar-refractivity contribution in [1.82, 2.24) is 20.4 Å². The van der Waals surface area contributed by atoms with Crippen molar-refractivity contribution in [3.63, 3.8) is 0 Å². The summed E-state index contributed by atoms with van der Waals surface area (Å²) >= 11 is 6.48. The van der Waals surface area contributed by atoms with Crippen molar-refractivity contribution in [1.29, 1.82) is 0 Å². The summed E-state index contributed by atoms with van der Waals surface area (Å²) in [6, 6.07) is 3.26. The molecule has 32 heavy (non-hydrogen) atoms. The largest absolute Gasteiger partial charge is 0.408 e. The number of rotatable bonds is 5. The molecule has 2 aromatic rings. The third kappa shape index (κ3) is 3.97. The topological polar surface area (TPSA) is 117 Å². The van der Waals surface area contributed by atoms with Crippen LogP contribution in [0.4, 0.5) is 6.01 Å². The maximum atomic E-state index is 13.0. The van der Waals surface area contributed by atoms with E-state index in [2.05, 4.69) is 20.8 Å². The number of nitrogens with one attached hydrogen (secondary N) is 2. The number of benzene rings is 1. The van der Waals surface area contributed by atoms with Gasteiger partial charge in [-0.2, -0.15) is 0 Å². The van der Waals surface area contributed by atoms with Gasteiger partial charge in [-0.1, -0.05) is 36.0 Å². The van der Waals surface area contributed by atoms with Gasteiger partial charge in [-0.05, 0) is 37.0 Å². The fourth-order valence-corrected chi connectivity index (χ4v) is 5.07. The molecule has 0 spiro atoms. The molecule has 9 nitrogen and oxygen atoms in total.